The lowest BCUT2D eigenvalue weighted by Crippen LogP contribution is -2.19. The van der Waals surface area contributed by atoms with Crippen molar-refractivity contribution in [3.8, 4) is 33.9 Å². The minimum Gasteiger partial charge on any atom is -0.477 e. The van der Waals surface area contributed by atoms with Crippen molar-refractivity contribution < 1.29 is 27.8 Å². The summed E-state index contributed by atoms with van der Waals surface area (Å²) in [4.78, 5) is 29.3. The number of fused-ring (bicyclic) bond motifs is 1. The van der Waals surface area contributed by atoms with Crippen molar-refractivity contribution >= 4 is 11.6 Å². The molecule has 0 spiro atoms. The van der Waals surface area contributed by atoms with Crippen LogP contribution in [0, 0.1) is 0 Å². The normalized spacial score (nSPS) is 11.5. The predicted molar refractivity (Wildman–Crippen MR) is 125 cm³/mol. The van der Waals surface area contributed by atoms with Gasteiger partial charge in [-0.2, -0.15) is 13.2 Å². The summed E-state index contributed by atoms with van der Waals surface area (Å²) in [5.74, 6) is -0.931. The molecule has 10 heteroatoms. The van der Waals surface area contributed by atoms with E-state index in [1.54, 1.807) is 54.6 Å². The lowest BCUT2D eigenvalue weighted by Gasteiger charge is -2.12. The first-order valence-electron chi connectivity index (χ1n) is 10.6. The Balaban J connectivity index is 1.57. The Kier molecular flexibility index (Phi) is 5.56. The van der Waals surface area contributed by atoms with Crippen molar-refractivity contribution in [3.63, 3.8) is 0 Å². The molecule has 0 unspecified atom stereocenters. The van der Waals surface area contributed by atoms with E-state index < -0.39 is 23.3 Å². The second kappa shape index (κ2) is 8.73. The number of hydrogen-bond donors (Lipinski definition) is 2. The molecule has 0 aliphatic heterocycles. The summed E-state index contributed by atoms with van der Waals surface area (Å²) in [6.07, 6.45) is -4.49. The van der Waals surface area contributed by atoms with Crippen LogP contribution >= 0.6 is 0 Å². The number of ether oxygens (including phenoxy) is 1. The molecule has 0 aliphatic rings. The molecule has 2 heterocycles. The number of carbonyl (C=O) groups is 1. The van der Waals surface area contributed by atoms with Crippen molar-refractivity contribution in [2.24, 2.45) is 0 Å². The van der Waals surface area contributed by atoms with Crippen molar-refractivity contribution in [3.05, 3.63) is 107 Å². The fraction of sp³-hybridized carbons (Fsp3) is 0.0385. The lowest BCUT2D eigenvalue weighted by molar-refractivity contribution is -0.137. The van der Waals surface area contributed by atoms with E-state index in [4.69, 9.17) is 4.74 Å². The Morgan fingerprint density at radius 1 is 0.889 bits per heavy atom. The van der Waals surface area contributed by atoms with Gasteiger partial charge in [-0.25, -0.2) is 14.3 Å². The number of carboxylic acids is 1. The molecule has 0 fully saturated rings. The van der Waals surface area contributed by atoms with Gasteiger partial charge in [-0.05, 0) is 48.0 Å². The molecule has 5 rings (SSSR count). The van der Waals surface area contributed by atoms with E-state index in [0.717, 1.165) is 16.6 Å². The van der Waals surface area contributed by atoms with E-state index in [1.807, 2.05) is 0 Å². The predicted octanol–water partition coefficient (Wildman–Crippen LogP) is 5.87. The number of aromatic nitrogens is 3. The third-order valence-corrected chi connectivity index (χ3v) is 5.43. The van der Waals surface area contributed by atoms with Gasteiger partial charge >= 0.3 is 12.1 Å². The first kappa shape index (κ1) is 22.9. The molecule has 0 bridgehead atoms. The number of carboxylic acid groups (broad SMARTS) is 1. The van der Waals surface area contributed by atoms with Gasteiger partial charge < -0.3 is 9.84 Å². The first-order chi connectivity index (χ1) is 17.2. The third-order valence-electron chi connectivity index (χ3n) is 5.43. The van der Waals surface area contributed by atoms with E-state index in [9.17, 15) is 27.9 Å². The lowest BCUT2D eigenvalue weighted by atomic mass is 10.0. The Hall–Kier alpha value is -4.86. The topological polar surface area (TPSA) is 96.7 Å². The Labute approximate surface area is 201 Å². The smallest absolute Gasteiger partial charge is 0.416 e. The molecule has 0 radical (unpaired) electrons. The quantitative estimate of drug-likeness (QED) is 0.321. The second-order valence-electron chi connectivity index (χ2n) is 7.83. The number of aromatic carboxylic acids is 1. The molecule has 0 atom stereocenters. The molecule has 2 aromatic heterocycles. The molecule has 36 heavy (non-hydrogen) atoms. The molecule has 0 amide bonds. The number of hydrogen-bond acceptors (Lipinski definition) is 4. The van der Waals surface area contributed by atoms with Gasteiger partial charge in [-0.15, -0.1) is 0 Å². The van der Waals surface area contributed by atoms with Gasteiger partial charge in [0.15, 0.2) is 5.65 Å². The van der Waals surface area contributed by atoms with Crippen LogP contribution in [0.15, 0.2) is 89.7 Å². The summed E-state index contributed by atoms with van der Waals surface area (Å²) in [5.41, 5.74) is 0.286. The Bertz CT molecular complexity index is 1640. The van der Waals surface area contributed by atoms with Crippen LogP contribution in [0.1, 0.15) is 16.1 Å². The zero-order valence-corrected chi connectivity index (χ0v) is 18.3. The van der Waals surface area contributed by atoms with Gasteiger partial charge in [0.2, 0.25) is 0 Å². The van der Waals surface area contributed by atoms with E-state index >= 15 is 0 Å². The summed E-state index contributed by atoms with van der Waals surface area (Å²) in [6.45, 7) is 0. The van der Waals surface area contributed by atoms with Gasteiger partial charge in [-0.3, -0.25) is 9.89 Å². The van der Waals surface area contributed by atoms with Gasteiger partial charge in [0.05, 0.1) is 16.8 Å². The van der Waals surface area contributed by atoms with Gasteiger partial charge in [0.25, 0.3) is 5.56 Å². The molecule has 0 aliphatic carbocycles. The van der Waals surface area contributed by atoms with Crippen LogP contribution in [0.25, 0.3) is 28.0 Å². The number of nitrogens with zero attached hydrogens (tertiary/aromatic N) is 2. The summed E-state index contributed by atoms with van der Waals surface area (Å²) in [5, 5.41) is 11.9. The molecule has 7 nitrogen and oxygen atoms in total. The van der Waals surface area contributed by atoms with Crippen LogP contribution in [0.4, 0.5) is 13.2 Å². The number of nitrogens with one attached hydrogen (secondary N) is 1. The van der Waals surface area contributed by atoms with Gasteiger partial charge in [-0.1, -0.05) is 36.4 Å². The maximum atomic E-state index is 13.4. The fourth-order valence-corrected chi connectivity index (χ4v) is 3.76. The molecule has 2 N–H and O–H groups in total. The van der Waals surface area contributed by atoms with Crippen LogP contribution < -0.4 is 10.3 Å². The largest absolute Gasteiger partial charge is 0.477 e. The number of halogens is 3. The summed E-state index contributed by atoms with van der Waals surface area (Å²) >= 11 is 0. The zero-order valence-electron chi connectivity index (χ0n) is 18.3. The molecular weight excluding hydrogens is 475 g/mol. The number of benzene rings is 3. The van der Waals surface area contributed by atoms with E-state index in [-0.39, 0.29) is 28.4 Å². The first-order valence-corrected chi connectivity index (χ1v) is 10.6. The van der Waals surface area contributed by atoms with Crippen molar-refractivity contribution in [1.29, 1.82) is 0 Å². The molecule has 3 aromatic carbocycles. The van der Waals surface area contributed by atoms with E-state index in [0.29, 0.717) is 16.8 Å². The average molecular weight is 491 g/mol. The standard InChI is InChI=1S/C26H16F3N3O4/c27-26(28,29)17-7-4-8-19(13-17)36-18-11-9-16(10-12-18)23-22(15-5-2-1-3-6-15)24(33)32-21(30-23)14-20(31-32)25(34)35/h1-14,31H,(H,34,35). The van der Waals surface area contributed by atoms with Gasteiger partial charge in [0.1, 0.15) is 17.2 Å². The van der Waals surface area contributed by atoms with Crippen LogP contribution in [-0.4, -0.2) is 25.7 Å². The van der Waals surface area contributed by atoms with Crippen LogP contribution in [0.5, 0.6) is 11.5 Å². The summed E-state index contributed by atoms with van der Waals surface area (Å²) in [7, 11) is 0. The Morgan fingerprint density at radius 2 is 1.61 bits per heavy atom. The maximum Gasteiger partial charge on any atom is 0.416 e. The number of aromatic amines is 1. The SMILES string of the molecule is O=C(O)c1cc2nc(-c3ccc(Oc4cccc(C(F)(F)F)c4)cc3)c(-c3ccccc3)c(=O)n2[nH]1. The van der Waals surface area contributed by atoms with Crippen molar-refractivity contribution in [1.82, 2.24) is 14.6 Å². The molecule has 0 saturated carbocycles. The molecule has 5 aromatic rings. The number of rotatable bonds is 5. The molecule has 180 valence electrons. The van der Waals surface area contributed by atoms with Crippen LogP contribution in [-0.2, 0) is 6.18 Å². The maximum absolute atomic E-state index is 13.4. The van der Waals surface area contributed by atoms with E-state index in [1.165, 1.54) is 18.2 Å². The Morgan fingerprint density at radius 3 is 2.28 bits per heavy atom. The zero-order chi connectivity index (χ0) is 25.4. The average Bonchev–Trinajstić information content (AvgIpc) is 3.30. The van der Waals surface area contributed by atoms with Crippen LogP contribution in [0.2, 0.25) is 0 Å². The van der Waals surface area contributed by atoms with Crippen molar-refractivity contribution in [2.45, 2.75) is 6.18 Å². The molecular formula is C26H16F3N3O4. The van der Waals surface area contributed by atoms with Gasteiger partial charge in [0, 0.05) is 11.6 Å². The third kappa shape index (κ3) is 4.31. The second-order valence-corrected chi connectivity index (χ2v) is 7.83. The minimum absolute atomic E-state index is 0.0221. The number of alkyl halides is 3. The van der Waals surface area contributed by atoms with E-state index in [2.05, 4.69) is 10.1 Å². The number of H-pyrrole nitrogens is 1. The minimum atomic E-state index is -4.49. The van der Waals surface area contributed by atoms with Crippen LogP contribution in [0.3, 0.4) is 0 Å². The summed E-state index contributed by atoms with van der Waals surface area (Å²) in [6, 6.07) is 20.9. The highest BCUT2D eigenvalue weighted by Gasteiger charge is 2.30. The van der Waals surface area contributed by atoms with Crippen molar-refractivity contribution in [2.75, 3.05) is 0 Å². The fourth-order valence-electron chi connectivity index (χ4n) is 3.76. The summed E-state index contributed by atoms with van der Waals surface area (Å²) < 4.78 is 45.6. The monoisotopic (exact) mass is 491 g/mol. The highest BCUT2D eigenvalue weighted by molar-refractivity contribution is 5.87. The molecule has 0 saturated heterocycles. The highest BCUT2D eigenvalue weighted by Crippen LogP contribution is 2.34. The highest BCUT2D eigenvalue weighted by atomic mass is 19.4.